The maximum atomic E-state index is 5.96. The first-order chi connectivity index (χ1) is 15.5. The Bertz CT molecular complexity index is 1220. The zero-order chi connectivity index (χ0) is 22.8. The third-order valence-electron chi connectivity index (χ3n) is 5.40. The van der Waals surface area contributed by atoms with Crippen molar-refractivity contribution in [3.63, 3.8) is 0 Å². The molecule has 0 saturated carbocycles. The lowest BCUT2D eigenvalue weighted by Gasteiger charge is -2.12. The van der Waals surface area contributed by atoms with Gasteiger partial charge in [-0.05, 0) is 51.4 Å². The van der Waals surface area contributed by atoms with Gasteiger partial charge in [-0.25, -0.2) is 0 Å². The van der Waals surface area contributed by atoms with E-state index in [1.807, 2.05) is 44.4 Å². The van der Waals surface area contributed by atoms with Crippen LogP contribution in [0.4, 0.5) is 0 Å². The summed E-state index contributed by atoms with van der Waals surface area (Å²) in [5.41, 5.74) is 5.39. The molecule has 0 radical (unpaired) electrons. The highest BCUT2D eigenvalue weighted by atomic mass is 16.6. The van der Waals surface area contributed by atoms with E-state index < -0.39 is 6.10 Å². The van der Waals surface area contributed by atoms with Crippen LogP contribution < -0.4 is 14.2 Å². The largest absolute Gasteiger partial charge is 0.493 e. The lowest BCUT2D eigenvalue weighted by molar-refractivity contribution is 0.113. The van der Waals surface area contributed by atoms with Gasteiger partial charge >= 0.3 is 0 Å². The fourth-order valence-corrected chi connectivity index (χ4v) is 3.73. The molecule has 1 atom stereocenters. The highest BCUT2D eigenvalue weighted by molar-refractivity contribution is 6.30. The van der Waals surface area contributed by atoms with Gasteiger partial charge in [-0.1, -0.05) is 11.1 Å². The number of hydrogen-bond acceptors (Lipinski definition) is 6. The molecule has 0 bridgehead atoms. The zero-order valence-corrected chi connectivity index (χ0v) is 19.0. The van der Waals surface area contributed by atoms with E-state index >= 15 is 0 Å². The Balaban J connectivity index is 1.85. The molecule has 1 aromatic heterocycles. The second-order valence-corrected chi connectivity index (χ2v) is 7.84. The Labute approximate surface area is 187 Å². The smallest absolute Gasteiger partial charge is 0.184 e. The minimum Gasteiger partial charge on any atom is -0.493 e. The fraction of sp³-hybridized carbons (Fsp3) is 0.320. The third kappa shape index (κ3) is 3.85. The van der Waals surface area contributed by atoms with Gasteiger partial charge in [-0.2, -0.15) is 0 Å². The lowest BCUT2D eigenvalue weighted by atomic mass is 10.1. The molecule has 7 heteroatoms. The molecule has 2 aromatic carbocycles. The number of rotatable bonds is 8. The van der Waals surface area contributed by atoms with Crippen LogP contribution in [0.15, 0.2) is 35.5 Å². The maximum absolute atomic E-state index is 5.96. The molecule has 0 fully saturated rings. The van der Waals surface area contributed by atoms with Gasteiger partial charge in [0.1, 0.15) is 18.1 Å². The van der Waals surface area contributed by atoms with Crippen LogP contribution in [0.25, 0.3) is 22.2 Å². The lowest BCUT2D eigenvalue weighted by Crippen LogP contribution is -2.19. The molecule has 7 nitrogen and oxygen atoms in total. The fourth-order valence-electron chi connectivity index (χ4n) is 3.73. The average molecular weight is 434 g/mol. The average Bonchev–Trinajstić information content (AvgIpc) is 3.30. The summed E-state index contributed by atoms with van der Waals surface area (Å²) in [7, 11) is 7.27. The molecule has 3 aromatic rings. The second kappa shape index (κ2) is 8.85. The highest BCUT2D eigenvalue weighted by Gasteiger charge is 2.32. The number of H-pyrrole nitrogens is 1. The van der Waals surface area contributed by atoms with Crippen LogP contribution in [0, 0.1) is 12.3 Å². The predicted molar refractivity (Wildman–Crippen MR) is 126 cm³/mol. The first-order valence-corrected chi connectivity index (χ1v) is 10.4. The van der Waals surface area contributed by atoms with Gasteiger partial charge in [0.25, 0.3) is 0 Å². The Hall–Kier alpha value is -3.63. The van der Waals surface area contributed by atoms with E-state index in [1.54, 1.807) is 21.1 Å². The number of nitrogens with one attached hydrogen (secondary N) is 1. The molecule has 0 spiro atoms. The molecule has 1 heterocycles. The molecule has 166 valence electrons. The second-order valence-electron chi connectivity index (χ2n) is 7.84. The van der Waals surface area contributed by atoms with Crippen molar-refractivity contribution in [2.45, 2.75) is 13.0 Å². The van der Waals surface area contributed by atoms with Crippen LogP contribution in [-0.4, -0.2) is 63.2 Å². The summed E-state index contributed by atoms with van der Waals surface area (Å²) in [6.45, 7) is 3.21. The molecular formula is C25H27N3O4. The molecule has 1 aliphatic carbocycles. The Morgan fingerprint density at radius 2 is 1.81 bits per heavy atom. The summed E-state index contributed by atoms with van der Waals surface area (Å²) in [5, 5.41) is 5.45. The van der Waals surface area contributed by atoms with Gasteiger partial charge in [0.2, 0.25) is 0 Å². The van der Waals surface area contributed by atoms with Gasteiger partial charge in [-0.15, -0.1) is 6.42 Å². The molecule has 1 aliphatic rings. The minimum atomic E-state index is -0.453. The first-order valence-electron chi connectivity index (χ1n) is 10.4. The number of benzene rings is 2. The van der Waals surface area contributed by atoms with Crippen molar-refractivity contribution in [3.8, 4) is 40.8 Å². The molecule has 32 heavy (non-hydrogen) atoms. The predicted octanol–water partition coefficient (Wildman–Crippen LogP) is 3.90. The van der Waals surface area contributed by atoms with Crippen molar-refractivity contribution in [2.75, 3.05) is 41.5 Å². The van der Waals surface area contributed by atoms with Gasteiger partial charge in [-0.3, -0.25) is 0 Å². The van der Waals surface area contributed by atoms with Gasteiger partial charge < -0.3 is 28.9 Å². The summed E-state index contributed by atoms with van der Waals surface area (Å²) in [6.07, 6.45) is 5.03. The first kappa shape index (κ1) is 21.6. The normalized spacial score (nSPS) is 14.2. The van der Waals surface area contributed by atoms with E-state index in [4.69, 9.17) is 25.5 Å². The van der Waals surface area contributed by atoms with E-state index in [1.165, 1.54) is 0 Å². The van der Waals surface area contributed by atoms with Gasteiger partial charge in [0.05, 0.1) is 19.9 Å². The van der Waals surface area contributed by atoms with Crippen molar-refractivity contribution in [1.29, 1.82) is 0 Å². The summed E-state index contributed by atoms with van der Waals surface area (Å²) >= 11 is 0. The molecule has 0 saturated heterocycles. The summed E-state index contributed by atoms with van der Waals surface area (Å²) < 4.78 is 17.0. The number of fused-ring (bicyclic) bond motifs is 5. The van der Waals surface area contributed by atoms with Crippen molar-refractivity contribution in [2.24, 2.45) is 5.16 Å². The molecule has 0 amide bonds. The number of terminal acetylenes is 1. The summed E-state index contributed by atoms with van der Waals surface area (Å²) in [5.74, 6) is 4.60. The summed E-state index contributed by atoms with van der Waals surface area (Å²) in [6, 6.07) is 9.87. The van der Waals surface area contributed by atoms with Crippen molar-refractivity contribution < 1.29 is 19.0 Å². The van der Waals surface area contributed by atoms with Crippen molar-refractivity contribution in [1.82, 2.24) is 9.88 Å². The van der Waals surface area contributed by atoms with E-state index in [2.05, 4.69) is 21.0 Å². The van der Waals surface area contributed by atoms with Crippen LogP contribution in [0.2, 0.25) is 0 Å². The molecule has 1 unspecified atom stereocenters. The molecule has 1 N–H and O–H groups in total. The van der Waals surface area contributed by atoms with E-state index in [0.717, 1.165) is 45.6 Å². The van der Waals surface area contributed by atoms with Crippen LogP contribution >= 0.6 is 0 Å². The van der Waals surface area contributed by atoms with Crippen LogP contribution in [0.3, 0.4) is 0 Å². The van der Waals surface area contributed by atoms with Gasteiger partial charge in [0.15, 0.2) is 17.6 Å². The SMILES string of the molecule is C#CC(C)O/N=C1\c2cc(OC)c(OC)cc2-c2[nH]c3ccc(OCCN(C)C)cc3c21. The Morgan fingerprint density at radius 1 is 1.09 bits per heavy atom. The van der Waals surface area contributed by atoms with Gasteiger partial charge in [0, 0.05) is 34.1 Å². The number of nitrogens with zero attached hydrogens (tertiary/aromatic N) is 2. The van der Waals surface area contributed by atoms with E-state index in [-0.39, 0.29) is 0 Å². The molecular weight excluding hydrogens is 406 g/mol. The van der Waals surface area contributed by atoms with E-state index in [0.29, 0.717) is 23.8 Å². The third-order valence-corrected chi connectivity index (χ3v) is 5.40. The number of likely N-dealkylation sites (N-methyl/N-ethyl adjacent to an activating group) is 1. The molecule has 0 aliphatic heterocycles. The topological polar surface area (TPSA) is 68.3 Å². The van der Waals surface area contributed by atoms with Crippen LogP contribution in [0.5, 0.6) is 17.2 Å². The molecule has 4 rings (SSSR count). The number of hydrogen-bond donors (Lipinski definition) is 1. The van der Waals surface area contributed by atoms with Crippen LogP contribution in [0.1, 0.15) is 18.1 Å². The minimum absolute atomic E-state index is 0.453. The Kier molecular flexibility index (Phi) is 5.97. The zero-order valence-electron chi connectivity index (χ0n) is 19.0. The monoisotopic (exact) mass is 433 g/mol. The quantitative estimate of drug-likeness (QED) is 0.337. The summed E-state index contributed by atoms with van der Waals surface area (Å²) in [4.78, 5) is 11.2. The Morgan fingerprint density at radius 3 is 2.47 bits per heavy atom. The number of ether oxygens (including phenoxy) is 3. The van der Waals surface area contributed by atoms with Crippen molar-refractivity contribution in [3.05, 3.63) is 41.5 Å². The number of aromatic amines is 1. The number of aromatic nitrogens is 1. The number of methoxy groups -OCH3 is 2. The van der Waals surface area contributed by atoms with Crippen LogP contribution in [-0.2, 0) is 4.84 Å². The van der Waals surface area contributed by atoms with E-state index in [9.17, 15) is 0 Å². The number of oxime groups is 1. The standard InChI is InChI=1S/C25H27N3O4/c1-7-15(2)32-27-25-18-14-22(30-6)21(29-5)13-17(18)24-23(25)19-12-16(8-9-20(19)26-24)31-11-10-28(3)4/h1,8-9,12-15,26H,10-11H2,2-6H3/b27-25+. The maximum Gasteiger partial charge on any atom is 0.184 e. The van der Waals surface area contributed by atoms with Crippen molar-refractivity contribution >= 4 is 16.6 Å². The highest BCUT2D eigenvalue weighted by Crippen LogP contribution is 2.46.